The van der Waals surface area contributed by atoms with Gasteiger partial charge in [0.25, 0.3) is 0 Å². The lowest BCUT2D eigenvalue weighted by molar-refractivity contribution is 0.445. The molecule has 0 aliphatic heterocycles. The standard InChI is InChI=1S/C27H24F4/c1-2-3-4-17-11-20-9-10-21(15-23(20)12-17)22-8-7-19(24(28)16-22)6-5-18-13-25(29)27(31)26(30)14-18/h7-10,12-16H,2-6,11H2,1H3. The Morgan fingerprint density at radius 2 is 1.45 bits per heavy atom. The molecular weight excluding hydrogens is 400 g/mol. The average molecular weight is 424 g/mol. The number of unbranched alkanes of at least 4 members (excludes halogenated alkanes) is 1. The van der Waals surface area contributed by atoms with Gasteiger partial charge >= 0.3 is 0 Å². The monoisotopic (exact) mass is 424 g/mol. The average Bonchev–Trinajstić information content (AvgIpc) is 3.17. The highest BCUT2D eigenvalue weighted by Gasteiger charge is 2.15. The van der Waals surface area contributed by atoms with Crippen LogP contribution in [0.2, 0.25) is 0 Å². The Balaban J connectivity index is 1.49. The molecule has 31 heavy (non-hydrogen) atoms. The van der Waals surface area contributed by atoms with Crippen LogP contribution < -0.4 is 0 Å². The van der Waals surface area contributed by atoms with E-state index in [1.807, 2.05) is 12.1 Å². The van der Waals surface area contributed by atoms with Crippen LogP contribution in [0.1, 0.15) is 48.4 Å². The van der Waals surface area contributed by atoms with E-state index in [0.717, 1.165) is 36.1 Å². The van der Waals surface area contributed by atoms with E-state index >= 15 is 0 Å². The molecule has 0 aromatic heterocycles. The highest BCUT2D eigenvalue weighted by atomic mass is 19.2. The normalized spacial score (nSPS) is 12.7. The van der Waals surface area contributed by atoms with Crippen molar-refractivity contribution in [3.8, 4) is 11.1 Å². The van der Waals surface area contributed by atoms with Gasteiger partial charge in [-0.25, -0.2) is 17.6 Å². The van der Waals surface area contributed by atoms with Crippen molar-refractivity contribution < 1.29 is 17.6 Å². The molecule has 0 amide bonds. The van der Waals surface area contributed by atoms with E-state index in [-0.39, 0.29) is 18.7 Å². The number of fused-ring (bicyclic) bond motifs is 1. The molecule has 1 aliphatic carbocycles. The molecule has 0 radical (unpaired) electrons. The third kappa shape index (κ3) is 4.73. The fraction of sp³-hybridized carbons (Fsp3) is 0.259. The van der Waals surface area contributed by atoms with Gasteiger partial charge in [0.1, 0.15) is 5.82 Å². The van der Waals surface area contributed by atoms with Crippen LogP contribution in [0.15, 0.2) is 54.1 Å². The molecule has 0 unspecified atom stereocenters. The molecule has 0 saturated carbocycles. The van der Waals surface area contributed by atoms with Crippen molar-refractivity contribution in [3.05, 3.63) is 99.6 Å². The van der Waals surface area contributed by atoms with Crippen LogP contribution in [0, 0.1) is 23.3 Å². The Morgan fingerprint density at radius 3 is 2.16 bits per heavy atom. The van der Waals surface area contributed by atoms with E-state index in [1.165, 1.54) is 35.6 Å². The minimum atomic E-state index is -1.49. The second-order valence-electron chi connectivity index (χ2n) is 8.18. The molecule has 0 saturated heterocycles. The van der Waals surface area contributed by atoms with Crippen LogP contribution >= 0.6 is 0 Å². The fourth-order valence-electron chi connectivity index (χ4n) is 4.11. The predicted octanol–water partition coefficient (Wildman–Crippen LogP) is 7.82. The Bertz CT molecular complexity index is 1120. The molecule has 0 fully saturated rings. The summed E-state index contributed by atoms with van der Waals surface area (Å²) in [5, 5.41) is 0. The van der Waals surface area contributed by atoms with E-state index < -0.39 is 17.5 Å². The van der Waals surface area contributed by atoms with Crippen molar-refractivity contribution in [3.63, 3.8) is 0 Å². The summed E-state index contributed by atoms with van der Waals surface area (Å²) in [6.07, 6.45) is 7.21. The molecule has 4 heteroatoms. The first-order valence-corrected chi connectivity index (χ1v) is 10.7. The number of hydrogen-bond acceptors (Lipinski definition) is 0. The summed E-state index contributed by atoms with van der Waals surface area (Å²) in [7, 11) is 0. The van der Waals surface area contributed by atoms with Gasteiger partial charge in [0, 0.05) is 0 Å². The third-order valence-corrected chi connectivity index (χ3v) is 5.89. The molecule has 0 nitrogen and oxygen atoms in total. The molecule has 1 aliphatic rings. The summed E-state index contributed by atoms with van der Waals surface area (Å²) in [4.78, 5) is 0. The summed E-state index contributed by atoms with van der Waals surface area (Å²) in [5.74, 6) is -4.30. The number of rotatable bonds is 7. The van der Waals surface area contributed by atoms with E-state index in [2.05, 4.69) is 25.1 Å². The van der Waals surface area contributed by atoms with Gasteiger partial charge in [-0.05, 0) is 89.8 Å². The molecule has 4 rings (SSSR count). The zero-order chi connectivity index (χ0) is 22.0. The molecule has 0 N–H and O–H groups in total. The molecule has 0 atom stereocenters. The second kappa shape index (κ2) is 9.09. The maximum atomic E-state index is 14.7. The van der Waals surface area contributed by atoms with E-state index in [9.17, 15) is 17.6 Å². The van der Waals surface area contributed by atoms with Gasteiger partial charge < -0.3 is 0 Å². The van der Waals surface area contributed by atoms with E-state index in [0.29, 0.717) is 11.1 Å². The van der Waals surface area contributed by atoms with Gasteiger partial charge in [-0.15, -0.1) is 0 Å². The van der Waals surface area contributed by atoms with Gasteiger partial charge in [0.15, 0.2) is 17.5 Å². The topological polar surface area (TPSA) is 0 Å². The zero-order valence-corrected chi connectivity index (χ0v) is 17.5. The molecule has 0 heterocycles. The first-order valence-electron chi connectivity index (χ1n) is 10.7. The summed E-state index contributed by atoms with van der Waals surface area (Å²) >= 11 is 0. The minimum Gasteiger partial charge on any atom is -0.207 e. The highest BCUT2D eigenvalue weighted by Crippen LogP contribution is 2.32. The smallest absolute Gasteiger partial charge is 0.194 e. The lowest BCUT2D eigenvalue weighted by Gasteiger charge is -2.09. The maximum Gasteiger partial charge on any atom is 0.194 e. The summed E-state index contributed by atoms with van der Waals surface area (Å²) in [6, 6.07) is 13.2. The summed E-state index contributed by atoms with van der Waals surface area (Å²) in [6.45, 7) is 2.19. The Hall–Kier alpha value is -2.88. The number of hydrogen-bond donors (Lipinski definition) is 0. The van der Waals surface area contributed by atoms with E-state index in [1.54, 1.807) is 6.07 Å². The van der Waals surface area contributed by atoms with Crippen LogP contribution in [0.4, 0.5) is 17.6 Å². The molecule has 3 aromatic rings. The van der Waals surface area contributed by atoms with Gasteiger partial charge in [0.05, 0.1) is 0 Å². The van der Waals surface area contributed by atoms with Gasteiger partial charge in [0.2, 0.25) is 0 Å². The van der Waals surface area contributed by atoms with Crippen molar-refractivity contribution in [1.29, 1.82) is 0 Å². The molecular formula is C27H24F4. The first-order chi connectivity index (χ1) is 14.9. The molecule has 0 spiro atoms. The maximum absolute atomic E-state index is 14.7. The van der Waals surface area contributed by atoms with Crippen molar-refractivity contribution in [2.75, 3.05) is 0 Å². The van der Waals surface area contributed by atoms with Gasteiger partial charge in [-0.2, -0.15) is 0 Å². The zero-order valence-electron chi connectivity index (χ0n) is 17.5. The quantitative estimate of drug-likeness (QED) is 0.268. The largest absolute Gasteiger partial charge is 0.207 e. The lowest BCUT2D eigenvalue weighted by Crippen LogP contribution is -1.99. The van der Waals surface area contributed by atoms with E-state index in [4.69, 9.17) is 0 Å². The minimum absolute atomic E-state index is 0.217. The number of halogens is 4. The second-order valence-corrected chi connectivity index (χ2v) is 8.18. The fourth-order valence-corrected chi connectivity index (χ4v) is 4.11. The third-order valence-electron chi connectivity index (χ3n) is 5.89. The van der Waals surface area contributed by atoms with Gasteiger partial charge in [-0.3, -0.25) is 0 Å². The Labute approximate surface area is 180 Å². The highest BCUT2D eigenvalue weighted by molar-refractivity contribution is 5.72. The first kappa shape index (κ1) is 21.4. The van der Waals surface area contributed by atoms with Gasteiger partial charge in [-0.1, -0.05) is 49.3 Å². The SMILES string of the molecule is CCCCC1=Cc2cc(-c3ccc(CCc4cc(F)c(F)c(F)c4)c(F)c3)ccc2C1. The Kier molecular flexibility index (Phi) is 6.26. The number of benzene rings is 3. The molecule has 160 valence electrons. The Morgan fingerprint density at radius 1 is 0.742 bits per heavy atom. The van der Waals surface area contributed by atoms with Crippen molar-refractivity contribution in [2.24, 2.45) is 0 Å². The van der Waals surface area contributed by atoms with Crippen LogP contribution in [0.25, 0.3) is 17.2 Å². The summed E-state index contributed by atoms with van der Waals surface area (Å²) < 4.78 is 54.6. The molecule has 0 bridgehead atoms. The molecule has 3 aromatic carbocycles. The van der Waals surface area contributed by atoms with Crippen LogP contribution in [-0.4, -0.2) is 0 Å². The van der Waals surface area contributed by atoms with Crippen LogP contribution in [-0.2, 0) is 19.3 Å². The lowest BCUT2D eigenvalue weighted by atomic mass is 9.97. The van der Waals surface area contributed by atoms with Crippen molar-refractivity contribution in [2.45, 2.75) is 45.4 Å². The summed E-state index contributed by atoms with van der Waals surface area (Å²) in [5.41, 5.74) is 6.46. The van der Waals surface area contributed by atoms with Crippen molar-refractivity contribution >= 4 is 6.08 Å². The predicted molar refractivity (Wildman–Crippen MR) is 117 cm³/mol. The number of allylic oxidation sites excluding steroid dienone is 1. The van der Waals surface area contributed by atoms with Crippen LogP contribution in [0.3, 0.4) is 0 Å². The number of aryl methyl sites for hydroxylation is 2. The van der Waals surface area contributed by atoms with Crippen LogP contribution in [0.5, 0.6) is 0 Å². The van der Waals surface area contributed by atoms with Crippen molar-refractivity contribution in [1.82, 2.24) is 0 Å².